The smallest absolute Gasteiger partial charge is 0.280 e. The first-order valence-electron chi connectivity index (χ1n) is 7.94. The summed E-state index contributed by atoms with van der Waals surface area (Å²) in [7, 11) is 0. The predicted octanol–water partition coefficient (Wildman–Crippen LogP) is 2.78. The van der Waals surface area contributed by atoms with Crippen molar-refractivity contribution in [3.05, 3.63) is 64.0 Å². The van der Waals surface area contributed by atoms with Crippen molar-refractivity contribution in [1.29, 1.82) is 0 Å². The van der Waals surface area contributed by atoms with E-state index in [1.165, 1.54) is 0 Å². The Kier molecular flexibility index (Phi) is 3.65. The molecule has 4 rings (SSSR count). The molecule has 0 aliphatic heterocycles. The molecule has 0 saturated heterocycles. The molecular formula is C18H15N5O3. The van der Waals surface area contributed by atoms with Gasteiger partial charge in [0.25, 0.3) is 11.5 Å². The average molecular weight is 349 g/mol. The zero-order valence-corrected chi connectivity index (χ0v) is 14.1. The number of nitrogens with one attached hydrogen (secondary N) is 3. The molecule has 3 aromatic heterocycles. The second kappa shape index (κ2) is 5.99. The summed E-state index contributed by atoms with van der Waals surface area (Å²) < 4.78 is 5.33. The highest BCUT2D eigenvalue weighted by Crippen LogP contribution is 2.23. The predicted molar refractivity (Wildman–Crippen MR) is 96.1 cm³/mol. The highest BCUT2D eigenvalue weighted by molar-refractivity contribution is 6.03. The normalized spacial score (nSPS) is 11.0. The van der Waals surface area contributed by atoms with Crippen LogP contribution in [0.2, 0.25) is 0 Å². The van der Waals surface area contributed by atoms with E-state index < -0.39 is 11.5 Å². The highest BCUT2D eigenvalue weighted by Gasteiger charge is 2.15. The van der Waals surface area contributed by atoms with Gasteiger partial charge >= 0.3 is 0 Å². The number of anilines is 1. The number of nitrogens with zero attached hydrogens (tertiary/aromatic N) is 2. The average Bonchev–Trinajstić information content (AvgIpc) is 3.26. The fourth-order valence-corrected chi connectivity index (χ4v) is 2.58. The lowest BCUT2D eigenvalue weighted by molar-refractivity contribution is 0.102. The molecular weight excluding hydrogens is 334 g/mol. The maximum Gasteiger partial charge on any atom is 0.280 e. The number of hydrogen-bond donors (Lipinski definition) is 3. The molecule has 130 valence electrons. The fraction of sp³-hybridized carbons (Fsp3) is 0.111. The van der Waals surface area contributed by atoms with Gasteiger partial charge in [-0.25, -0.2) is 9.97 Å². The minimum absolute atomic E-state index is 0.172. The quantitative estimate of drug-likeness (QED) is 0.526. The molecule has 3 heterocycles. The summed E-state index contributed by atoms with van der Waals surface area (Å²) >= 11 is 0. The number of imidazole rings is 1. The second-order valence-electron chi connectivity index (χ2n) is 5.87. The number of fused-ring (bicyclic) bond motifs is 1. The van der Waals surface area contributed by atoms with E-state index in [2.05, 4.69) is 25.3 Å². The molecule has 0 aliphatic rings. The van der Waals surface area contributed by atoms with Gasteiger partial charge in [0.05, 0.1) is 23.0 Å². The molecule has 26 heavy (non-hydrogen) atoms. The Balaban J connectivity index is 1.64. The number of amides is 1. The Morgan fingerprint density at radius 3 is 2.77 bits per heavy atom. The van der Waals surface area contributed by atoms with Crippen molar-refractivity contribution in [2.75, 3.05) is 5.32 Å². The maximum atomic E-state index is 12.4. The van der Waals surface area contributed by atoms with E-state index >= 15 is 0 Å². The van der Waals surface area contributed by atoms with Crippen LogP contribution in [0.15, 0.2) is 45.8 Å². The topological polar surface area (TPSA) is 117 Å². The lowest BCUT2D eigenvalue weighted by atomic mass is 10.2. The third-order valence-corrected chi connectivity index (χ3v) is 4.05. The first-order valence-corrected chi connectivity index (χ1v) is 7.94. The van der Waals surface area contributed by atoms with E-state index in [0.29, 0.717) is 28.7 Å². The van der Waals surface area contributed by atoms with Crippen LogP contribution in [0.1, 0.15) is 21.9 Å². The van der Waals surface area contributed by atoms with Crippen LogP contribution in [0.4, 0.5) is 5.69 Å². The summed E-state index contributed by atoms with van der Waals surface area (Å²) in [4.78, 5) is 38.6. The van der Waals surface area contributed by atoms with Crippen molar-refractivity contribution in [3.8, 4) is 11.6 Å². The van der Waals surface area contributed by atoms with Crippen LogP contribution < -0.4 is 10.9 Å². The lowest BCUT2D eigenvalue weighted by Crippen LogP contribution is -2.26. The van der Waals surface area contributed by atoms with E-state index in [4.69, 9.17) is 4.42 Å². The largest absolute Gasteiger partial charge is 0.461 e. The first-order chi connectivity index (χ1) is 12.5. The van der Waals surface area contributed by atoms with Crippen LogP contribution in [0.5, 0.6) is 0 Å². The van der Waals surface area contributed by atoms with Crippen LogP contribution >= 0.6 is 0 Å². The number of aromatic nitrogens is 4. The number of rotatable bonds is 3. The number of aryl methyl sites for hydroxylation is 2. The highest BCUT2D eigenvalue weighted by atomic mass is 16.3. The third-order valence-electron chi connectivity index (χ3n) is 4.05. The number of carbonyl (C=O) groups is 1. The monoisotopic (exact) mass is 349 g/mol. The fourth-order valence-electron chi connectivity index (χ4n) is 2.58. The zero-order chi connectivity index (χ0) is 18.3. The molecule has 0 bridgehead atoms. The van der Waals surface area contributed by atoms with Gasteiger partial charge in [0.15, 0.2) is 17.3 Å². The van der Waals surface area contributed by atoms with Gasteiger partial charge in [0.2, 0.25) is 0 Å². The SMILES string of the molecule is Cc1nc(C(=O)Nc2ccc3nc(-c4ccco4)[nH]c3c2)c(=O)[nH]c1C. The van der Waals surface area contributed by atoms with Crippen molar-refractivity contribution in [2.45, 2.75) is 13.8 Å². The van der Waals surface area contributed by atoms with Crippen molar-refractivity contribution >= 4 is 22.6 Å². The Bertz CT molecular complexity index is 1170. The summed E-state index contributed by atoms with van der Waals surface area (Å²) in [5.74, 6) is 0.651. The number of furan rings is 1. The van der Waals surface area contributed by atoms with E-state index in [1.54, 1.807) is 50.4 Å². The molecule has 0 spiro atoms. The maximum absolute atomic E-state index is 12.4. The molecule has 8 heteroatoms. The van der Waals surface area contributed by atoms with E-state index in [-0.39, 0.29) is 5.69 Å². The van der Waals surface area contributed by atoms with Crippen molar-refractivity contribution in [3.63, 3.8) is 0 Å². The molecule has 1 aromatic carbocycles. The van der Waals surface area contributed by atoms with E-state index in [1.807, 2.05) is 0 Å². The Morgan fingerprint density at radius 1 is 1.15 bits per heavy atom. The molecule has 3 N–H and O–H groups in total. The minimum atomic E-state index is -0.570. The van der Waals surface area contributed by atoms with Gasteiger partial charge in [-0.15, -0.1) is 0 Å². The summed E-state index contributed by atoms with van der Waals surface area (Å²) in [6.07, 6.45) is 1.57. The van der Waals surface area contributed by atoms with Gasteiger partial charge in [0.1, 0.15) is 0 Å². The standard InChI is InChI=1S/C18H15N5O3/c1-9-10(2)20-17(24)15(19-9)18(25)21-11-5-6-12-13(8-11)23-16(22-12)14-4-3-7-26-14/h3-8H,1-2H3,(H,20,24)(H,21,25)(H,22,23). The molecule has 0 unspecified atom stereocenters. The number of benzene rings is 1. The van der Waals surface area contributed by atoms with Gasteiger partial charge in [-0.2, -0.15) is 0 Å². The van der Waals surface area contributed by atoms with Crippen LogP contribution in [-0.2, 0) is 0 Å². The first kappa shape index (κ1) is 15.8. The van der Waals surface area contributed by atoms with Crippen LogP contribution in [0, 0.1) is 13.8 Å². The Hall–Kier alpha value is -3.68. The van der Waals surface area contributed by atoms with Gasteiger partial charge in [0, 0.05) is 11.4 Å². The van der Waals surface area contributed by atoms with Crippen LogP contribution in [0.3, 0.4) is 0 Å². The number of hydrogen-bond acceptors (Lipinski definition) is 5. The molecule has 0 atom stereocenters. The summed E-state index contributed by atoms with van der Waals surface area (Å²) in [5, 5.41) is 2.69. The van der Waals surface area contributed by atoms with Crippen molar-refractivity contribution < 1.29 is 9.21 Å². The lowest BCUT2D eigenvalue weighted by Gasteiger charge is -2.06. The molecule has 0 aliphatic carbocycles. The van der Waals surface area contributed by atoms with Crippen molar-refractivity contribution in [1.82, 2.24) is 19.9 Å². The summed E-state index contributed by atoms with van der Waals surface area (Å²) in [5.41, 5.74) is 2.53. The molecule has 4 aromatic rings. The van der Waals surface area contributed by atoms with Gasteiger partial charge in [-0.3, -0.25) is 9.59 Å². The molecule has 0 fully saturated rings. The zero-order valence-electron chi connectivity index (χ0n) is 14.1. The van der Waals surface area contributed by atoms with Gasteiger partial charge < -0.3 is 19.7 Å². The Morgan fingerprint density at radius 2 is 2.00 bits per heavy atom. The van der Waals surface area contributed by atoms with Gasteiger partial charge in [-0.05, 0) is 44.2 Å². The molecule has 0 radical (unpaired) electrons. The number of aromatic amines is 2. The van der Waals surface area contributed by atoms with Crippen LogP contribution in [-0.4, -0.2) is 25.8 Å². The molecule has 8 nitrogen and oxygen atoms in total. The Labute approximate surface area is 147 Å². The number of carbonyl (C=O) groups excluding carboxylic acids is 1. The van der Waals surface area contributed by atoms with E-state index in [0.717, 1.165) is 11.0 Å². The van der Waals surface area contributed by atoms with Crippen molar-refractivity contribution in [2.24, 2.45) is 0 Å². The molecule has 1 amide bonds. The number of H-pyrrole nitrogens is 2. The second-order valence-corrected chi connectivity index (χ2v) is 5.87. The summed E-state index contributed by atoms with van der Waals surface area (Å²) in [6.45, 7) is 3.46. The van der Waals surface area contributed by atoms with Gasteiger partial charge in [-0.1, -0.05) is 0 Å². The van der Waals surface area contributed by atoms with Crippen LogP contribution in [0.25, 0.3) is 22.6 Å². The third kappa shape index (κ3) is 2.77. The summed E-state index contributed by atoms with van der Waals surface area (Å²) in [6, 6.07) is 8.80. The van der Waals surface area contributed by atoms with E-state index in [9.17, 15) is 9.59 Å². The molecule has 0 saturated carbocycles. The minimum Gasteiger partial charge on any atom is -0.461 e.